The third-order valence-corrected chi connectivity index (χ3v) is 5.75. The van der Waals surface area contributed by atoms with E-state index in [-0.39, 0.29) is 16.9 Å². The van der Waals surface area contributed by atoms with Crippen LogP contribution < -0.4 is 10.2 Å². The minimum Gasteiger partial charge on any atom is -0.452 e. The fraction of sp³-hybridized carbons (Fsp3) is 0.0476. The van der Waals surface area contributed by atoms with E-state index in [1.807, 2.05) is 6.92 Å². The molecule has 0 saturated heterocycles. The number of carbonyl (C=O) groups is 1. The third-order valence-electron chi connectivity index (χ3n) is 4.17. The molecule has 0 radical (unpaired) electrons. The summed E-state index contributed by atoms with van der Waals surface area (Å²) >= 11 is 13.7. The molecule has 28 heavy (non-hydrogen) atoms. The first kappa shape index (κ1) is 18.7. The summed E-state index contributed by atoms with van der Waals surface area (Å²) in [4.78, 5) is 26.0. The molecule has 4 nitrogen and oxygen atoms in total. The van der Waals surface area contributed by atoms with Crippen molar-refractivity contribution >= 4 is 51.5 Å². The van der Waals surface area contributed by atoms with Crippen LogP contribution in [0.1, 0.15) is 15.2 Å². The fourth-order valence-corrected chi connectivity index (χ4v) is 3.74. The summed E-state index contributed by atoms with van der Waals surface area (Å²) in [5.74, 6) is -0.776. The molecule has 0 aliphatic rings. The van der Waals surface area contributed by atoms with Gasteiger partial charge in [-0.25, -0.2) is 4.79 Å². The molecule has 0 aliphatic heterocycles. The molecule has 0 saturated carbocycles. The van der Waals surface area contributed by atoms with Gasteiger partial charge in [0.05, 0.1) is 10.4 Å². The molecule has 4 rings (SSSR count). The third kappa shape index (κ3) is 3.33. The second-order valence-corrected chi connectivity index (χ2v) is 7.80. The molecule has 0 bridgehead atoms. The van der Waals surface area contributed by atoms with Crippen LogP contribution in [-0.2, 0) is 0 Å². The van der Waals surface area contributed by atoms with Crippen LogP contribution in [-0.4, -0.2) is 5.97 Å². The Morgan fingerprint density at radius 3 is 2.57 bits per heavy atom. The Morgan fingerprint density at radius 2 is 1.86 bits per heavy atom. The summed E-state index contributed by atoms with van der Waals surface area (Å²) in [7, 11) is 0. The number of rotatable bonds is 3. The first-order valence-electron chi connectivity index (χ1n) is 8.23. The molecule has 7 heteroatoms. The number of benzene rings is 2. The monoisotopic (exact) mass is 430 g/mol. The maximum absolute atomic E-state index is 13.2. The average Bonchev–Trinajstić information content (AvgIpc) is 3.21. The van der Waals surface area contributed by atoms with Crippen LogP contribution in [0.3, 0.4) is 0 Å². The van der Waals surface area contributed by atoms with Gasteiger partial charge >= 0.3 is 5.97 Å². The van der Waals surface area contributed by atoms with Crippen molar-refractivity contribution in [2.24, 2.45) is 0 Å². The highest BCUT2D eigenvalue weighted by Crippen LogP contribution is 2.36. The van der Waals surface area contributed by atoms with Crippen LogP contribution in [0.5, 0.6) is 5.75 Å². The average molecular weight is 431 g/mol. The van der Waals surface area contributed by atoms with Crippen LogP contribution in [0.4, 0.5) is 0 Å². The lowest BCUT2D eigenvalue weighted by atomic mass is 10.1. The van der Waals surface area contributed by atoms with E-state index in [4.69, 9.17) is 32.4 Å². The van der Waals surface area contributed by atoms with Gasteiger partial charge in [-0.1, -0.05) is 41.4 Å². The predicted octanol–water partition coefficient (Wildman–Crippen LogP) is 6.36. The molecule has 0 spiro atoms. The molecule has 0 amide bonds. The van der Waals surface area contributed by atoms with E-state index in [2.05, 4.69) is 0 Å². The maximum Gasteiger partial charge on any atom is 0.353 e. The summed E-state index contributed by atoms with van der Waals surface area (Å²) in [6.07, 6.45) is 0. The van der Waals surface area contributed by atoms with Crippen molar-refractivity contribution in [2.45, 2.75) is 6.92 Å². The number of thiophene rings is 1. The highest BCUT2D eigenvalue weighted by molar-refractivity contribution is 7.12. The molecule has 2 aromatic carbocycles. The zero-order valence-corrected chi connectivity index (χ0v) is 16.8. The Morgan fingerprint density at radius 1 is 1.07 bits per heavy atom. The molecule has 0 fully saturated rings. The smallest absolute Gasteiger partial charge is 0.353 e. The van der Waals surface area contributed by atoms with Gasteiger partial charge in [-0.15, -0.1) is 11.3 Å². The second kappa shape index (κ2) is 7.43. The van der Waals surface area contributed by atoms with Gasteiger partial charge in [-0.05, 0) is 48.2 Å². The van der Waals surface area contributed by atoms with Gasteiger partial charge in [0, 0.05) is 10.6 Å². The van der Waals surface area contributed by atoms with E-state index in [9.17, 15) is 9.59 Å². The summed E-state index contributed by atoms with van der Waals surface area (Å²) in [6.45, 7) is 1.81. The molecule has 0 unspecified atom stereocenters. The molecule has 0 N–H and O–H groups in total. The van der Waals surface area contributed by atoms with E-state index < -0.39 is 11.4 Å². The Bertz CT molecular complexity index is 1260. The van der Waals surface area contributed by atoms with Gasteiger partial charge in [0.25, 0.3) is 0 Å². The van der Waals surface area contributed by atoms with Gasteiger partial charge < -0.3 is 9.15 Å². The number of ether oxygens (including phenoxy) is 1. The lowest BCUT2D eigenvalue weighted by Crippen LogP contribution is -2.15. The maximum atomic E-state index is 13.2. The van der Waals surface area contributed by atoms with Crippen LogP contribution in [0.2, 0.25) is 10.0 Å². The van der Waals surface area contributed by atoms with E-state index in [0.717, 1.165) is 5.56 Å². The molecular formula is C21H12Cl2O4S. The molecule has 2 aromatic heterocycles. The van der Waals surface area contributed by atoms with E-state index in [1.54, 1.807) is 47.8 Å². The number of fused-ring (bicyclic) bond motifs is 1. The number of halogens is 2. The predicted molar refractivity (Wildman–Crippen MR) is 112 cm³/mol. The molecule has 4 aromatic rings. The van der Waals surface area contributed by atoms with Crippen molar-refractivity contribution in [1.29, 1.82) is 0 Å². The van der Waals surface area contributed by atoms with E-state index in [0.29, 0.717) is 26.1 Å². The molecule has 2 heterocycles. The quantitative estimate of drug-likeness (QED) is 0.355. The minimum atomic E-state index is -0.645. The summed E-state index contributed by atoms with van der Waals surface area (Å²) in [5.41, 5.74) is 1.04. The summed E-state index contributed by atoms with van der Waals surface area (Å²) < 4.78 is 11.4. The fourth-order valence-electron chi connectivity index (χ4n) is 2.75. The Kier molecular flexibility index (Phi) is 4.98. The second-order valence-electron chi connectivity index (χ2n) is 6.03. The minimum absolute atomic E-state index is 0.0923. The van der Waals surface area contributed by atoms with Gasteiger partial charge in [0.15, 0.2) is 5.76 Å². The lowest BCUT2D eigenvalue weighted by Gasteiger charge is -2.12. The topological polar surface area (TPSA) is 56.5 Å². The van der Waals surface area contributed by atoms with Crippen LogP contribution in [0, 0.1) is 6.92 Å². The molecular weight excluding hydrogens is 419 g/mol. The van der Waals surface area contributed by atoms with E-state index >= 15 is 0 Å². The molecule has 0 atom stereocenters. The van der Waals surface area contributed by atoms with Gasteiger partial charge in [-0.2, -0.15) is 0 Å². The van der Waals surface area contributed by atoms with Gasteiger partial charge in [0.1, 0.15) is 10.5 Å². The number of carbonyl (C=O) groups excluding carboxylic acids is 1. The van der Waals surface area contributed by atoms with Crippen molar-refractivity contribution < 1.29 is 13.9 Å². The SMILES string of the molecule is Cc1cc2oc(-c3ccccc3Cl)c(OC(=O)c3cccs3)c(=O)c2cc1Cl. The number of aryl methyl sites for hydroxylation is 1. The normalized spacial score (nSPS) is 11.0. The molecule has 0 aliphatic carbocycles. The standard InChI is InChI=1S/C21H12Cl2O4S/c1-11-9-16-13(10-15(11)23)18(24)20(27-21(25)17-7-4-8-28-17)19(26-16)12-5-2-3-6-14(12)22/h2-10H,1H3. The Labute approximate surface area is 173 Å². The number of hydrogen-bond acceptors (Lipinski definition) is 5. The summed E-state index contributed by atoms with van der Waals surface area (Å²) in [5, 5.41) is 2.75. The first-order chi connectivity index (χ1) is 13.5. The largest absolute Gasteiger partial charge is 0.452 e. The van der Waals surface area contributed by atoms with Crippen molar-refractivity contribution in [1.82, 2.24) is 0 Å². The highest BCUT2D eigenvalue weighted by atomic mass is 35.5. The van der Waals surface area contributed by atoms with Crippen LogP contribution in [0.25, 0.3) is 22.3 Å². The van der Waals surface area contributed by atoms with Crippen molar-refractivity contribution in [3.8, 4) is 17.1 Å². The van der Waals surface area contributed by atoms with Crippen LogP contribution >= 0.6 is 34.5 Å². The zero-order chi connectivity index (χ0) is 19.8. The molecule has 140 valence electrons. The van der Waals surface area contributed by atoms with Gasteiger partial charge in [0.2, 0.25) is 11.2 Å². The van der Waals surface area contributed by atoms with Crippen molar-refractivity contribution in [2.75, 3.05) is 0 Å². The Balaban J connectivity index is 1.99. The lowest BCUT2D eigenvalue weighted by molar-refractivity contribution is 0.0736. The van der Waals surface area contributed by atoms with Crippen molar-refractivity contribution in [3.63, 3.8) is 0 Å². The van der Waals surface area contributed by atoms with Crippen LogP contribution in [0.15, 0.2) is 63.1 Å². The highest BCUT2D eigenvalue weighted by Gasteiger charge is 2.23. The van der Waals surface area contributed by atoms with Gasteiger partial charge in [-0.3, -0.25) is 4.79 Å². The first-order valence-corrected chi connectivity index (χ1v) is 9.87. The Hall–Kier alpha value is -2.60. The van der Waals surface area contributed by atoms with E-state index in [1.165, 1.54) is 17.4 Å². The summed E-state index contributed by atoms with van der Waals surface area (Å²) in [6, 6.07) is 13.4. The zero-order valence-electron chi connectivity index (χ0n) is 14.5. The number of hydrogen-bond donors (Lipinski definition) is 0. The number of esters is 1. The van der Waals surface area contributed by atoms with Crippen molar-refractivity contribution in [3.05, 3.63) is 84.6 Å².